The van der Waals surface area contributed by atoms with Gasteiger partial charge in [-0.1, -0.05) is 54.6 Å². The molecule has 0 unspecified atom stereocenters. The zero-order valence-electron chi connectivity index (χ0n) is 12.0. The fourth-order valence-corrected chi connectivity index (χ4v) is 2.54. The van der Waals surface area contributed by atoms with Gasteiger partial charge in [0.2, 0.25) is 0 Å². The van der Waals surface area contributed by atoms with Gasteiger partial charge in [0.15, 0.2) is 0 Å². The first-order valence-corrected chi connectivity index (χ1v) is 7.02. The van der Waals surface area contributed by atoms with E-state index in [1.54, 1.807) is 0 Å². The summed E-state index contributed by atoms with van der Waals surface area (Å²) in [7, 11) is 2.03. The Hall–Kier alpha value is -2.39. The van der Waals surface area contributed by atoms with Crippen LogP contribution in [0.2, 0.25) is 0 Å². The number of aromatic nitrogens is 1. The van der Waals surface area contributed by atoms with Crippen molar-refractivity contribution in [3.63, 3.8) is 0 Å². The van der Waals surface area contributed by atoms with Gasteiger partial charge in [0.05, 0.1) is 12.3 Å². The van der Waals surface area contributed by atoms with E-state index in [1.807, 2.05) is 43.4 Å². The number of hydrogen-bond acceptors (Lipinski definition) is 3. The number of aliphatic hydroxyl groups excluding tert-OH is 1. The Morgan fingerprint density at radius 1 is 1.00 bits per heavy atom. The van der Waals surface area contributed by atoms with Crippen molar-refractivity contribution in [3.05, 3.63) is 71.9 Å². The predicted octanol–water partition coefficient (Wildman–Crippen LogP) is 3.36. The van der Waals surface area contributed by atoms with Gasteiger partial charge in [0.25, 0.3) is 0 Å². The molecule has 0 fully saturated rings. The average molecular weight is 278 g/mol. The third-order valence-corrected chi connectivity index (χ3v) is 3.56. The molecule has 3 nitrogen and oxygen atoms in total. The van der Waals surface area contributed by atoms with E-state index in [1.165, 1.54) is 5.56 Å². The molecule has 0 amide bonds. The molecule has 0 radical (unpaired) electrons. The van der Waals surface area contributed by atoms with Crippen molar-refractivity contribution in [3.8, 4) is 0 Å². The first-order valence-electron chi connectivity index (χ1n) is 7.02. The Morgan fingerprint density at radius 2 is 1.71 bits per heavy atom. The summed E-state index contributed by atoms with van der Waals surface area (Å²) in [6.07, 6.45) is 0. The van der Waals surface area contributed by atoms with E-state index in [9.17, 15) is 5.11 Å². The summed E-state index contributed by atoms with van der Waals surface area (Å²) in [5.74, 6) is 0.904. The minimum Gasteiger partial charge on any atom is -0.390 e. The monoisotopic (exact) mass is 278 g/mol. The van der Waals surface area contributed by atoms with E-state index >= 15 is 0 Å². The highest BCUT2D eigenvalue weighted by molar-refractivity contribution is 5.92. The second-order valence-electron chi connectivity index (χ2n) is 5.16. The third kappa shape index (κ3) is 2.88. The van der Waals surface area contributed by atoms with Gasteiger partial charge in [-0.05, 0) is 17.0 Å². The molecule has 0 saturated heterocycles. The van der Waals surface area contributed by atoms with Crippen molar-refractivity contribution in [2.45, 2.75) is 13.2 Å². The average Bonchev–Trinajstić information content (AvgIpc) is 2.54. The van der Waals surface area contributed by atoms with Crippen LogP contribution in [-0.2, 0) is 13.2 Å². The van der Waals surface area contributed by atoms with Gasteiger partial charge >= 0.3 is 0 Å². The molecule has 0 aliphatic carbocycles. The Bertz CT molecular complexity index is 741. The van der Waals surface area contributed by atoms with E-state index in [0.717, 1.165) is 23.1 Å². The van der Waals surface area contributed by atoms with Crippen LogP contribution in [0, 0.1) is 0 Å². The zero-order chi connectivity index (χ0) is 14.7. The molecule has 106 valence electrons. The molecule has 0 spiro atoms. The fraction of sp³-hybridized carbons (Fsp3) is 0.167. The first kappa shape index (κ1) is 13.6. The SMILES string of the molecule is CN(Cc1ccccc1)c1nc(CO)cc2ccccc12. The van der Waals surface area contributed by atoms with Gasteiger partial charge in [-0.25, -0.2) is 4.98 Å². The highest BCUT2D eigenvalue weighted by atomic mass is 16.3. The van der Waals surface area contributed by atoms with Crippen LogP contribution in [0.15, 0.2) is 60.7 Å². The van der Waals surface area contributed by atoms with Gasteiger partial charge in [0.1, 0.15) is 5.82 Å². The summed E-state index contributed by atoms with van der Waals surface area (Å²) in [5.41, 5.74) is 1.93. The van der Waals surface area contributed by atoms with Crippen molar-refractivity contribution in [2.75, 3.05) is 11.9 Å². The number of aliphatic hydroxyl groups is 1. The minimum absolute atomic E-state index is 0.0446. The molecule has 0 saturated carbocycles. The lowest BCUT2D eigenvalue weighted by Gasteiger charge is -2.21. The van der Waals surface area contributed by atoms with Crippen molar-refractivity contribution in [1.82, 2.24) is 4.98 Å². The van der Waals surface area contributed by atoms with Crippen LogP contribution in [-0.4, -0.2) is 17.1 Å². The van der Waals surface area contributed by atoms with E-state index in [2.05, 4.69) is 34.1 Å². The van der Waals surface area contributed by atoms with Crippen LogP contribution in [0.25, 0.3) is 10.8 Å². The molecular weight excluding hydrogens is 260 g/mol. The maximum absolute atomic E-state index is 9.41. The highest BCUT2D eigenvalue weighted by Crippen LogP contribution is 2.26. The minimum atomic E-state index is -0.0446. The maximum atomic E-state index is 9.41. The smallest absolute Gasteiger partial charge is 0.136 e. The number of benzene rings is 2. The Balaban J connectivity index is 2.02. The molecule has 0 aliphatic heterocycles. The number of rotatable bonds is 4. The van der Waals surface area contributed by atoms with Crippen LogP contribution >= 0.6 is 0 Å². The Morgan fingerprint density at radius 3 is 2.48 bits per heavy atom. The van der Waals surface area contributed by atoms with Crippen molar-refractivity contribution in [1.29, 1.82) is 0 Å². The number of fused-ring (bicyclic) bond motifs is 1. The third-order valence-electron chi connectivity index (χ3n) is 3.56. The molecule has 0 bridgehead atoms. The summed E-state index contributed by atoms with van der Waals surface area (Å²) in [6, 6.07) is 20.4. The van der Waals surface area contributed by atoms with Crippen LogP contribution in [0.5, 0.6) is 0 Å². The fourth-order valence-electron chi connectivity index (χ4n) is 2.54. The van der Waals surface area contributed by atoms with Gasteiger partial charge in [0, 0.05) is 19.0 Å². The van der Waals surface area contributed by atoms with Crippen LogP contribution in [0.3, 0.4) is 0 Å². The normalized spacial score (nSPS) is 10.8. The molecule has 21 heavy (non-hydrogen) atoms. The van der Waals surface area contributed by atoms with Gasteiger partial charge in [-0.15, -0.1) is 0 Å². The van der Waals surface area contributed by atoms with E-state index < -0.39 is 0 Å². The van der Waals surface area contributed by atoms with Gasteiger partial charge in [-0.2, -0.15) is 0 Å². The molecular formula is C18H18N2O. The number of pyridine rings is 1. The topological polar surface area (TPSA) is 36.4 Å². The molecule has 1 N–H and O–H groups in total. The molecule has 0 aliphatic rings. The van der Waals surface area contributed by atoms with Gasteiger partial charge in [-0.3, -0.25) is 0 Å². The molecule has 1 aromatic heterocycles. The van der Waals surface area contributed by atoms with Crippen LogP contribution < -0.4 is 4.90 Å². The Kier molecular flexibility index (Phi) is 3.84. The first-order chi connectivity index (χ1) is 10.3. The van der Waals surface area contributed by atoms with Crippen molar-refractivity contribution in [2.24, 2.45) is 0 Å². The van der Waals surface area contributed by atoms with Gasteiger partial charge < -0.3 is 10.0 Å². The van der Waals surface area contributed by atoms with Crippen molar-refractivity contribution >= 4 is 16.6 Å². The summed E-state index contributed by atoms with van der Waals surface area (Å²) < 4.78 is 0. The summed E-state index contributed by atoms with van der Waals surface area (Å²) in [5, 5.41) is 11.6. The molecule has 3 heteroatoms. The maximum Gasteiger partial charge on any atom is 0.136 e. The van der Waals surface area contributed by atoms with E-state index in [4.69, 9.17) is 0 Å². The summed E-state index contributed by atoms with van der Waals surface area (Å²) in [6.45, 7) is 0.740. The molecule has 3 rings (SSSR count). The van der Waals surface area contributed by atoms with Crippen LogP contribution in [0.1, 0.15) is 11.3 Å². The Labute approximate surface area is 124 Å². The summed E-state index contributed by atoms with van der Waals surface area (Å²) in [4.78, 5) is 6.71. The molecule has 2 aromatic carbocycles. The van der Waals surface area contributed by atoms with E-state index in [0.29, 0.717) is 5.69 Å². The standard InChI is InChI=1S/C18H18N2O/c1-20(12-14-7-3-2-4-8-14)18-17-10-6-5-9-15(17)11-16(13-21)19-18/h2-11,21H,12-13H2,1H3. The summed E-state index contributed by atoms with van der Waals surface area (Å²) >= 11 is 0. The number of anilines is 1. The van der Waals surface area contributed by atoms with E-state index in [-0.39, 0.29) is 6.61 Å². The van der Waals surface area contributed by atoms with Crippen LogP contribution in [0.4, 0.5) is 5.82 Å². The predicted molar refractivity (Wildman–Crippen MR) is 86.2 cm³/mol. The number of nitrogens with zero attached hydrogens (tertiary/aromatic N) is 2. The van der Waals surface area contributed by atoms with Crippen molar-refractivity contribution < 1.29 is 5.11 Å². The second-order valence-corrected chi connectivity index (χ2v) is 5.16. The zero-order valence-corrected chi connectivity index (χ0v) is 12.0. The quantitative estimate of drug-likeness (QED) is 0.795. The highest BCUT2D eigenvalue weighted by Gasteiger charge is 2.10. The lowest BCUT2D eigenvalue weighted by atomic mass is 10.1. The lowest BCUT2D eigenvalue weighted by Crippen LogP contribution is -2.18. The number of hydrogen-bond donors (Lipinski definition) is 1. The largest absolute Gasteiger partial charge is 0.390 e. The molecule has 0 atom stereocenters. The molecule has 1 heterocycles. The second kappa shape index (κ2) is 5.94. The lowest BCUT2D eigenvalue weighted by molar-refractivity contribution is 0.277. The molecule has 3 aromatic rings.